The number of ether oxygens (including phenoxy) is 6. The lowest BCUT2D eigenvalue weighted by Crippen LogP contribution is -2.37. The van der Waals surface area contributed by atoms with Crippen molar-refractivity contribution in [2.75, 3.05) is 66.2 Å². The van der Waals surface area contributed by atoms with E-state index in [4.69, 9.17) is 54.4 Å². The number of hydrogen-bond acceptors (Lipinski definition) is 19. The maximum atomic E-state index is 13.6. The summed E-state index contributed by atoms with van der Waals surface area (Å²) in [5, 5.41) is 28.8. The number of allylic oxidation sites excluding steroid dienone is 2. The Bertz CT molecular complexity index is 2560. The van der Waals surface area contributed by atoms with Crippen molar-refractivity contribution in [1.29, 1.82) is 0 Å². The van der Waals surface area contributed by atoms with Crippen LogP contribution >= 0.6 is 0 Å². The second-order valence-corrected chi connectivity index (χ2v) is 19.4. The number of nitrogens with zero attached hydrogens (tertiary/aromatic N) is 4. The van der Waals surface area contributed by atoms with E-state index in [9.17, 15) is 42.6 Å². The third kappa shape index (κ3) is 25.2. The summed E-state index contributed by atoms with van der Waals surface area (Å²) in [5.41, 5.74) is 14.3. The van der Waals surface area contributed by atoms with Gasteiger partial charge in [0.05, 0.1) is 11.4 Å². The number of aromatic hydroxyl groups is 2. The van der Waals surface area contributed by atoms with Crippen LogP contribution in [0.25, 0.3) is 0 Å². The maximum absolute atomic E-state index is 13.6. The zero-order chi connectivity index (χ0) is 59.9. The summed E-state index contributed by atoms with van der Waals surface area (Å²) in [7, 11) is 0. The highest BCUT2D eigenvalue weighted by atomic mass is 19.4. The van der Waals surface area contributed by atoms with Gasteiger partial charge in [-0.05, 0) is 114 Å². The number of amides is 2. The van der Waals surface area contributed by atoms with Crippen LogP contribution in [0.2, 0.25) is 0 Å². The number of likely N-dealkylation sites (tertiary alicyclic amines) is 2. The van der Waals surface area contributed by atoms with E-state index in [1.54, 1.807) is 41.0 Å². The number of carbonyl (C=O) groups excluding carboxylic acids is 5. The second-order valence-electron chi connectivity index (χ2n) is 19.4. The summed E-state index contributed by atoms with van der Waals surface area (Å²) in [4.78, 5) is 74.6. The van der Waals surface area contributed by atoms with Gasteiger partial charge in [-0.25, -0.2) is 9.59 Å². The molecule has 0 aromatic heterocycles. The molecule has 4 atom stereocenters. The number of carbonyl (C=O) groups is 5. The van der Waals surface area contributed by atoms with Crippen LogP contribution in [0.15, 0.2) is 83.2 Å². The number of aldehydes is 1. The predicted octanol–water partition coefficient (Wildman–Crippen LogP) is 7.69. The average molecular weight is 1160 g/mol. The van der Waals surface area contributed by atoms with Gasteiger partial charge in [0.15, 0.2) is 26.8 Å². The smallest absolute Gasteiger partial charge is 0.446 e. The van der Waals surface area contributed by atoms with Gasteiger partial charge in [-0.3, -0.25) is 14.4 Å². The highest BCUT2D eigenvalue weighted by molar-refractivity contribution is 6.01. The van der Waals surface area contributed by atoms with Gasteiger partial charge < -0.3 is 69.6 Å². The molecule has 2 fully saturated rings. The lowest BCUT2D eigenvalue weighted by Gasteiger charge is -2.26. The molecule has 4 aliphatic rings. The van der Waals surface area contributed by atoms with Crippen molar-refractivity contribution in [3.05, 3.63) is 95.1 Å². The molecule has 0 aliphatic carbocycles. The molecule has 0 saturated carbocycles. The minimum Gasteiger partial charge on any atom is -0.508 e. The maximum Gasteiger partial charge on any atom is 0.446 e. The van der Waals surface area contributed by atoms with Crippen molar-refractivity contribution < 1.29 is 85.5 Å². The number of nitrogens with two attached hydrogens (primary N) is 2. The number of esters is 2. The monoisotopic (exact) mass is 1160 g/mol. The van der Waals surface area contributed by atoms with Crippen LogP contribution in [0.4, 0.5) is 13.2 Å². The third-order valence-electron chi connectivity index (χ3n) is 12.6. The fourth-order valence-electron chi connectivity index (χ4n) is 8.43. The van der Waals surface area contributed by atoms with Crippen LogP contribution in [-0.4, -0.2) is 158 Å². The molecule has 452 valence electrons. The molecule has 2 aromatic carbocycles. The van der Waals surface area contributed by atoms with Crippen LogP contribution in [0.1, 0.15) is 124 Å². The highest BCUT2D eigenvalue weighted by Gasteiger charge is 2.27. The van der Waals surface area contributed by atoms with Crippen molar-refractivity contribution in [3.8, 4) is 23.0 Å². The Morgan fingerprint density at radius 1 is 0.671 bits per heavy atom. The lowest BCUT2D eigenvalue weighted by atomic mass is 9.99. The lowest BCUT2D eigenvalue weighted by molar-refractivity contribution is -0.156. The number of piperidine rings is 2. The topological polar surface area (TPSA) is 283 Å². The molecule has 4 aliphatic heterocycles. The largest absolute Gasteiger partial charge is 0.508 e. The van der Waals surface area contributed by atoms with Gasteiger partial charge in [-0.2, -0.15) is 13.2 Å². The molecule has 82 heavy (non-hydrogen) atoms. The number of phenolic OH excluding ortho intramolecular Hbond substituents is 2. The minimum atomic E-state index is -4.64. The fraction of sp³-hybridized carbons (Fsp3) is 0.534. The molecule has 24 heteroatoms. The molecule has 4 heterocycles. The van der Waals surface area contributed by atoms with Gasteiger partial charge in [0.25, 0.3) is 11.8 Å². The van der Waals surface area contributed by atoms with Gasteiger partial charge in [0.2, 0.25) is 6.29 Å². The number of fused-ring (bicyclic) bond motifs is 2. The van der Waals surface area contributed by atoms with E-state index in [-0.39, 0.29) is 91.9 Å². The van der Waals surface area contributed by atoms with Gasteiger partial charge >= 0.3 is 18.1 Å². The van der Waals surface area contributed by atoms with Crippen molar-refractivity contribution in [1.82, 2.24) is 9.80 Å². The number of benzene rings is 2. The van der Waals surface area contributed by atoms with Crippen molar-refractivity contribution in [2.45, 2.75) is 135 Å². The first-order valence-corrected chi connectivity index (χ1v) is 27.5. The average Bonchev–Trinajstić information content (AvgIpc) is 3.63. The zero-order valence-corrected chi connectivity index (χ0v) is 47.2. The molecule has 2 saturated heterocycles. The van der Waals surface area contributed by atoms with Crippen molar-refractivity contribution in [2.24, 2.45) is 21.8 Å². The summed E-state index contributed by atoms with van der Waals surface area (Å²) < 4.78 is 65.0. The first-order valence-electron chi connectivity index (χ1n) is 27.5. The number of oxime groups is 2. The zero-order valence-electron chi connectivity index (χ0n) is 47.2. The van der Waals surface area contributed by atoms with Gasteiger partial charge in [0, 0.05) is 89.3 Å². The third-order valence-corrected chi connectivity index (χ3v) is 12.6. The Balaban J connectivity index is 0.000000326. The Hall–Kier alpha value is -7.28. The van der Waals surface area contributed by atoms with Crippen LogP contribution in [0.3, 0.4) is 0 Å². The molecule has 0 spiro atoms. The first-order chi connectivity index (χ1) is 39.3. The van der Waals surface area contributed by atoms with Crippen LogP contribution in [0, 0.1) is 0 Å². The van der Waals surface area contributed by atoms with E-state index in [1.165, 1.54) is 6.07 Å². The van der Waals surface area contributed by atoms with E-state index in [2.05, 4.69) is 10.3 Å². The number of rotatable bonds is 14. The van der Waals surface area contributed by atoms with Crippen molar-refractivity contribution in [3.63, 3.8) is 0 Å². The van der Waals surface area contributed by atoms with Gasteiger partial charge in [-0.1, -0.05) is 46.8 Å². The normalized spacial score (nSPS) is 22.7. The molecule has 0 radical (unpaired) electrons. The van der Waals surface area contributed by atoms with Gasteiger partial charge in [0.1, 0.15) is 46.3 Å². The Labute approximate surface area is 476 Å². The molecule has 2 amide bonds. The number of halogens is 3. The quantitative estimate of drug-likeness (QED) is 0.0352. The molecule has 6 rings (SSSR count). The van der Waals surface area contributed by atoms with Crippen LogP contribution in [0.5, 0.6) is 23.0 Å². The van der Waals surface area contributed by atoms with E-state index in [0.29, 0.717) is 67.2 Å². The highest BCUT2D eigenvalue weighted by Crippen LogP contribution is 2.33. The van der Waals surface area contributed by atoms with E-state index in [0.717, 1.165) is 70.8 Å². The van der Waals surface area contributed by atoms with Crippen LogP contribution < -0.4 is 20.9 Å². The molecule has 0 bridgehead atoms. The fourth-order valence-corrected chi connectivity index (χ4v) is 8.43. The Morgan fingerprint density at radius 2 is 1.12 bits per heavy atom. The first kappa shape index (κ1) is 67.2. The number of phenols is 2. The predicted molar refractivity (Wildman–Crippen MR) is 298 cm³/mol. The van der Waals surface area contributed by atoms with E-state index >= 15 is 0 Å². The summed E-state index contributed by atoms with van der Waals surface area (Å²) in [6, 6.07) is 5.36. The van der Waals surface area contributed by atoms with Gasteiger partial charge in [-0.15, -0.1) is 0 Å². The molecule has 6 N–H and O–H groups in total. The summed E-state index contributed by atoms with van der Waals surface area (Å²) in [6.07, 6.45) is 16.7. The Kier molecular flexibility index (Phi) is 29.7. The number of hydrogen-bond donors (Lipinski definition) is 4. The minimum absolute atomic E-state index is 0.0223. The number of alkyl halides is 3. The summed E-state index contributed by atoms with van der Waals surface area (Å²) >= 11 is 0. The van der Waals surface area contributed by atoms with E-state index < -0.39 is 36.6 Å². The van der Waals surface area contributed by atoms with Crippen molar-refractivity contribution >= 4 is 41.5 Å². The number of cyclic esters (lactones) is 2. The molecular formula is C58H79F3N6O15. The molecule has 0 unspecified atom stereocenters. The van der Waals surface area contributed by atoms with E-state index in [1.807, 2.05) is 57.2 Å². The summed E-state index contributed by atoms with van der Waals surface area (Å²) in [5.74, 6) is -1.40. The molecule has 2 aromatic rings. The van der Waals surface area contributed by atoms with Crippen LogP contribution in [-0.2, 0) is 55.8 Å². The standard InChI is InChI=1S/C31H45N3O8.C25H33N3O6.C2HF3O/c1-4-37-21-39-27-18-24-17-26(33-41-20-29(35)34-15-7-6-8-16-34)14-10-13-25(32)12-9-11-23(3)42-31(36)30(24)28(19-27)40-22-38-5-2;1-17-7-5-8-19(26)9-6-10-20(27-33-16-23(31)28-11-3-2-4-12-28)13-18-14-21(29)15-22(30)24(18)25(32)34-17;3-2(4,5)1-6/h9-10,12,14,18-19,23,25H,4-8,11,13,15-17,20-22,32H2,1-3H3;5-6,8,10,14-15,17,19,29-30H,2-4,7,9,11-13,16,26H2,1H3;1H/b12-9+,14-10+,33-26?;8-5+,10-6+,27-20?;/t23-,25-;17-,19-;/m11./s1. The summed E-state index contributed by atoms with van der Waals surface area (Å²) in [6.45, 7) is 10.7. The molecular weight excluding hydrogens is 1080 g/mol. The SMILES string of the molecule is CCOCOc1cc2c(c(OCOCC)c1)C(=O)O[C@H](C)C/C=C/[C@@H](N)C/C=C/C(=NOCC(=O)N1CCCCC1)C2.C[C@@H]1C/C=C/[C@@H](N)C/C=C/C(=NOCC(=O)N2CCCCC2)Cc2cc(O)cc(O)c2C(=O)O1.O=CC(F)(F)F. The Morgan fingerprint density at radius 3 is 1.59 bits per heavy atom. The molecule has 21 nitrogen and oxygen atoms in total. The second kappa shape index (κ2) is 36.2.